The van der Waals surface area contributed by atoms with Gasteiger partial charge in [-0.25, -0.2) is 9.59 Å². The number of carbonyl (C=O) groups is 2. The second-order valence-corrected chi connectivity index (χ2v) is 6.60. The van der Waals surface area contributed by atoms with Crippen LogP contribution in [0.15, 0.2) is 48.5 Å². The summed E-state index contributed by atoms with van der Waals surface area (Å²) in [6, 6.07) is 13.8. The van der Waals surface area contributed by atoms with Crippen molar-refractivity contribution in [3.63, 3.8) is 0 Å². The minimum Gasteiger partial charge on any atom is -0.465 e. The summed E-state index contributed by atoms with van der Waals surface area (Å²) >= 11 is 0. The molecule has 0 fully saturated rings. The monoisotopic (exact) mass is 384 g/mol. The number of benzene rings is 2. The quantitative estimate of drug-likeness (QED) is 0.287. The Balaban J connectivity index is 1.82. The lowest BCUT2D eigenvalue weighted by Gasteiger charge is -2.09. The van der Waals surface area contributed by atoms with Crippen molar-refractivity contribution in [2.24, 2.45) is 0 Å². The van der Waals surface area contributed by atoms with Gasteiger partial charge in [-0.2, -0.15) is 0 Å². The van der Waals surface area contributed by atoms with E-state index < -0.39 is 12.1 Å². The van der Waals surface area contributed by atoms with Gasteiger partial charge in [0.2, 0.25) is 0 Å². The molecule has 0 bridgehead atoms. The third-order valence-electron chi connectivity index (χ3n) is 4.43. The molecule has 0 saturated carbocycles. The van der Waals surface area contributed by atoms with E-state index in [0.29, 0.717) is 5.75 Å². The zero-order valence-corrected chi connectivity index (χ0v) is 16.6. The van der Waals surface area contributed by atoms with E-state index in [9.17, 15) is 9.59 Å². The summed E-state index contributed by atoms with van der Waals surface area (Å²) < 4.78 is 15.0. The molecule has 0 aliphatic rings. The Bertz CT molecular complexity index is 752. The standard InChI is InChI=1S/C23H28O5/c1-3-4-5-6-7-8-11-18-14-16-19(17-15-18)27-23(25)28-21-13-10-9-12-20(21)22(24)26-2/h9-10,12-17H,3-8,11H2,1-2H3. The van der Waals surface area contributed by atoms with Crippen LogP contribution in [0.3, 0.4) is 0 Å². The smallest absolute Gasteiger partial charge is 0.465 e. The number of hydrogen-bond donors (Lipinski definition) is 0. The number of esters is 1. The molecular weight excluding hydrogens is 356 g/mol. The van der Waals surface area contributed by atoms with E-state index in [1.807, 2.05) is 12.1 Å². The third kappa shape index (κ3) is 7.06. The molecule has 0 heterocycles. The Morgan fingerprint density at radius 3 is 2.21 bits per heavy atom. The van der Waals surface area contributed by atoms with Gasteiger partial charge in [-0.3, -0.25) is 0 Å². The van der Waals surface area contributed by atoms with E-state index in [1.165, 1.54) is 56.9 Å². The van der Waals surface area contributed by atoms with Gasteiger partial charge in [0.05, 0.1) is 7.11 Å². The zero-order valence-electron chi connectivity index (χ0n) is 16.6. The van der Waals surface area contributed by atoms with Crippen LogP contribution in [-0.2, 0) is 11.2 Å². The van der Waals surface area contributed by atoms with Crippen molar-refractivity contribution in [1.29, 1.82) is 0 Å². The highest BCUT2D eigenvalue weighted by atomic mass is 16.7. The molecule has 2 aromatic carbocycles. The molecule has 0 amide bonds. The van der Waals surface area contributed by atoms with Crippen LogP contribution < -0.4 is 9.47 Å². The minimum atomic E-state index is -0.903. The topological polar surface area (TPSA) is 61.8 Å². The summed E-state index contributed by atoms with van der Waals surface area (Å²) in [5.41, 5.74) is 1.38. The molecule has 0 radical (unpaired) electrons. The largest absolute Gasteiger partial charge is 0.519 e. The second-order valence-electron chi connectivity index (χ2n) is 6.60. The van der Waals surface area contributed by atoms with E-state index >= 15 is 0 Å². The Kier molecular flexibility index (Phi) is 9.05. The lowest BCUT2D eigenvalue weighted by atomic mass is 10.1. The summed E-state index contributed by atoms with van der Waals surface area (Å²) in [5, 5.41) is 0. The lowest BCUT2D eigenvalue weighted by molar-refractivity contribution is 0.0597. The molecule has 150 valence electrons. The molecule has 0 aromatic heterocycles. The molecule has 5 heteroatoms. The number of carbonyl (C=O) groups excluding carboxylic acids is 2. The van der Waals surface area contributed by atoms with Gasteiger partial charge < -0.3 is 14.2 Å². The van der Waals surface area contributed by atoms with Gasteiger partial charge >= 0.3 is 12.1 Å². The maximum Gasteiger partial charge on any atom is 0.519 e. The Morgan fingerprint density at radius 2 is 1.50 bits per heavy atom. The molecule has 2 rings (SSSR count). The summed E-state index contributed by atoms with van der Waals surface area (Å²) in [7, 11) is 1.27. The van der Waals surface area contributed by atoms with Gasteiger partial charge in [0.1, 0.15) is 17.1 Å². The molecule has 2 aromatic rings. The zero-order chi connectivity index (χ0) is 20.2. The van der Waals surface area contributed by atoms with Gasteiger partial charge in [0.25, 0.3) is 0 Å². The molecule has 0 N–H and O–H groups in total. The van der Waals surface area contributed by atoms with Crippen LogP contribution in [0.25, 0.3) is 0 Å². The maximum absolute atomic E-state index is 12.0. The average molecular weight is 384 g/mol. The average Bonchev–Trinajstić information content (AvgIpc) is 2.71. The Labute approximate surface area is 166 Å². The normalized spacial score (nSPS) is 10.4. The van der Waals surface area contributed by atoms with Gasteiger partial charge in [-0.1, -0.05) is 63.3 Å². The van der Waals surface area contributed by atoms with Crippen molar-refractivity contribution < 1.29 is 23.8 Å². The highest BCUT2D eigenvalue weighted by Crippen LogP contribution is 2.21. The predicted molar refractivity (Wildman–Crippen MR) is 108 cm³/mol. The summed E-state index contributed by atoms with van der Waals surface area (Å²) in [6.07, 6.45) is 7.69. The Morgan fingerprint density at radius 1 is 0.821 bits per heavy atom. The summed E-state index contributed by atoms with van der Waals surface area (Å²) in [6.45, 7) is 2.22. The van der Waals surface area contributed by atoms with Crippen molar-refractivity contribution >= 4 is 12.1 Å². The number of rotatable bonds is 10. The number of unbranched alkanes of at least 4 members (excludes halogenated alkanes) is 5. The first kappa shape index (κ1) is 21.5. The van der Waals surface area contributed by atoms with Crippen LogP contribution in [0.4, 0.5) is 4.79 Å². The number of para-hydroxylation sites is 1. The van der Waals surface area contributed by atoms with Crippen molar-refractivity contribution in [3.05, 3.63) is 59.7 Å². The Hall–Kier alpha value is -2.82. The second kappa shape index (κ2) is 11.8. The van der Waals surface area contributed by atoms with E-state index in [4.69, 9.17) is 9.47 Å². The molecule has 0 aliphatic heterocycles. The first-order valence-electron chi connectivity index (χ1n) is 9.80. The van der Waals surface area contributed by atoms with Crippen molar-refractivity contribution in [2.75, 3.05) is 7.11 Å². The first-order chi connectivity index (χ1) is 13.6. The molecule has 0 saturated heterocycles. The van der Waals surface area contributed by atoms with Crippen LogP contribution in [0.2, 0.25) is 0 Å². The molecule has 0 aliphatic carbocycles. The predicted octanol–water partition coefficient (Wildman–Crippen LogP) is 5.95. The van der Waals surface area contributed by atoms with Crippen molar-refractivity contribution in [1.82, 2.24) is 0 Å². The van der Waals surface area contributed by atoms with E-state index in [0.717, 1.165) is 12.8 Å². The summed E-state index contributed by atoms with van der Waals surface area (Å²) in [5.74, 6) is -0.0891. The maximum atomic E-state index is 12.0. The lowest BCUT2D eigenvalue weighted by Crippen LogP contribution is -2.16. The number of methoxy groups -OCH3 is 1. The number of aryl methyl sites for hydroxylation is 1. The van der Waals surface area contributed by atoms with Gasteiger partial charge in [-0.05, 0) is 42.7 Å². The third-order valence-corrected chi connectivity index (χ3v) is 4.43. The molecular formula is C23H28O5. The SMILES string of the molecule is CCCCCCCCc1ccc(OC(=O)Oc2ccccc2C(=O)OC)cc1. The van der Waals surface area contributed by atoms with Crippen molar-refractivity contribution in [2.45, 2.75) is 51.9 Å². The van der Waals surface area contributed by atoms with Gasteiger partial charge in [-0.15, -0.1) is 0 Å². The number of hydrogen-bond acceptors (Lipinski definition) is 5. The fourth-order valence-corrected chi connectivity index (χ4v) is 2.87. The van der Waals surface area contributed by atoms with Crippen LogP contribution >= 0.6 is 0 Å². The van der Waals surface area contributed by atoms with Crippen LogP contribution in [0, 0.1) is 0 Å². The van der Waals surface area contributed by atoms with Gasteiger partial charge in [0, 0.05) is 0 Å². The van der Waals surface area contributed by atoms with Crippen LogP contribution in [0.1, 0.15) is 61.4 Å². The number of ether oxygens (including phenoxy) is 3. The van der Waals surface area contributed by atoms with E-state index in [-0.39, 0.29) is 11.3 Å². The van der Waals surface area contributed by atoms with Gasteiger partial charge in [0.15, 0.2) is 0 Å². The fourth-order valence-electron chi connectivity index (χ4n) is 2.87. The fraction of sp³-hybridized carbons (Fsp3) is 0.391. The molecule has 0 unspecified atom stereocenters. The highest BCUT2D eigenvalue weighted by Gasteiger charge is 2.16. The first-order valence-corrected chi connectivity index (χ1v) is 9.80. The van der Waals surface area contributed by atoms with Crippen LogP contribution in [-0.4, -0.2) is 19.2 Å². The van der Waals surface area contributed by atoms with E-state index in [2.05, 4.69) is 11.7 Å². The van der Waals surface area contributed by atoms with Crippen molar-refractivity contribution in [3.8, 4) is 11.5 Å². The minimum absolute atomic E-state index is 0.0963. The molecule has 0 spiro atoms. The molecule has 5 nitrogen and oxygen atoms in total. The van der Waals surface area contributed by atoms with E-state index in [1.54, 1.807) is 24.3 Å². The van der Waals surface area contributed by atoms with Crippen LogP contribution in [0.5, 0.6) is 11.5 Å². The highest BCUT2D eigenvalue weighted by molar-refractivity contribution is 5.93. The molecule has 28 heavy (non-hydrogen) atoms. The molecule has 0 atom stereocenters. The summed E-state index contributed by atoms with van der Waals surface area (Å²) in [4.78, 5) is 23.7.